The van der Waals surface area contributed by atoms with Crippen molar-refractivity contribution in [3.8, 4) is 0 Å². The van der Waals surface area contributed by atoms with Crippen LogP contribution >= 0.6 is 0 Å². The minimum absolute atomic E-state index is 0. The summed E-state index contributed by atoms with van der Waals surface area (Å²) in [7, 11) is 0. The summed E-state index contributed by atoms with van der Waals surface area (Å²) in [5, 5.41) is 0. The molecule has 0 aromatic carbocycles. The van der Waals surface area contributed by atoms with Gasteiger partial charge in [0, 0.05) is 11.8 Å². The third-order valence-electron chi connectivity index (χ3n) is 5.62. The van der Waals surface area contributed by atoms with Crippen LogP contribution in [-0.4, -0.2) is 0 Å². The molecule has 0 heterocycles. The van der Waals surface area contributed by atoms with Gasteiger partial charge in [0.25, 0.3) is 0 Å². The van der Waals surface area contributed by atoms with E-state index >= 15 is 0 Å². The summed E-state index contributed by atoms with van der Waals surface area (Å²) in [5.41, 5.74) is 11.7. The SMILES string of the molecule is C[C]1C(C)=C(C)C(C)=C1C.C[C]1C(C)=C(C)C(C)=C1C.[K+].[ZrH2]. The first kappa shape index (κ1) is 25.7. The molecule has 22 heavy (non-hydrogen) atoms. The van der Waals surface area contributed by atoms with Crippen LogP contribution in [0.5, 0.6) is 0 Å². The molecule has 0 aromatic rings. The van der Waals surface area contributed by atoms with Gasteiger partial charge in [0.2, 0.25) is 0 Å². The zero-order chi connectivity index (χ0) is 15.8. The summed E-state index contributed by atoms with van der Waals surface area (Å²) in [5.74, 6) is 2.94. The van der Waals surface area contributed by atoms with Gasteiger partial charge in [0.05, 0.1) is 0 Å². The van der Waals surface area contributed by atoms with Gasteiger partial charge in [-0.1, -0.05) is 36.1 Å². The summed E-state index contributed by atoms with van der Waals surface area (Å²) in [6, 6.07) is 0. The van der Waals surface area contributed by atoms with E-state index in [0.29, 0.717) is 0 Å². The standard InChI is InChI=1S/2C10H15.K.Zr.2H/c2*1-6-7(2)9(4)10(5)8(6)3;;;;/h2*1-5H3;;;;/q;;+1;;;. The van der Waals surface area contributed by atoms with E-state index in [1.807, 2.05) is 0 Å². The Kier molecular flexibility index (Phi) is 12.2. The Labute approximate surface area is 200 Å². The molecule has 0 amide bonds. The van der Waals surface area contributed by atoms with Crippen molar-refractivity contribution in [3.05, 3.63) is 56.4 Å². The van der Waals surface area contributed by atoms with Crippen LogP contribution in [0.4, 0.5) is 0 Å². The predicted octanol–water partition coefficient (Wildman–Crippen LogP) is 3.00. The van der Waals surface area contributed by atoms with Gasteiger partial charge in [-0.3, -0.25) is 0 Å². The van der Waals surface area contributed by atoms with Gasteiger partial charge in [-0.25, -0.2) is 0 Å². The first-order chi connectivity index (χ1) is 9.11. The zero-order valence-electron chi connectivity index (χ0n) is 16.7. The molecule has 0 saturated carbocycles. The van der Waals surface area contributed by atoms with Crippen molar-refractivity contribution in [2.45, 2.75) is 69.2 Å². The van der Waals surface area contributed by atoms with Crippen molar-refractivity contribution < 1.29 is 77.6 Å². The molecule has 2 radical (unpaired) electrons. The number of hydrogen-bond acceptors (Lipinski definition) is 0. The second-order valence-electron chi connectivity index (χ2n) is 6.25. The van der Waals surface area contributed by atoms with Crippen molar-refractivity contribution in [1.29, 1.82) is 0 Å². The first-order valence-corrected chi connectivity index (χ1v) is 7.50. The normalized spacial score (nSPS) is 19.4. The van der Waals surface area contributed by atoms with Crippen LogP contribution in [0.3, 0.4) is 0 Å². The minimum atomic E-state index is 0. The van der Waals surface area contributed by atoms with Crippen LogP contribution in [0.15, 0.2) is 44.6 Å². The molecule has 0 N–H and O–H groups in total. The molecule has 2 heteroatoms. The maximum atomic E-state index is 2.20. The predicted molar refractivity (Wildman–Crippen MR) is 94.1 cm³/mol. The molecule has 0 saturated heterocycles. The van der Waals surface area contributed by atoms with E-state index in [-0.39, 0.29) is 77.6 Å². The van der Waals surface area contributed by atoms with E-state index in [0.717, 1.165) is 0 Å². The van der Waals surface area contributed by atoms with Gasteiger partial charge in [-0.15, -0.1) is 0 Å². The summed E-state index contributed by atoms with van der Waals surface area (Å²) in [6.07, 6.45) is 0. The molecule has 0 nitrogen and oxygen atoms in total. The Morgan fingerprint density at radius 2 is 0.455 bits per heavy atom. The third-order valence-corrected chi connectivity index (χ3v) is 5.62. The van der Waals surface area contributed by atoms with Crippen molar-refractivity contribution in [1.82, 2.24) is 0 Å². The maximum absolute atomic E-state index is 2.20. The molecule has 0 aliphatic heterocycles. The average Bonchev–Trinajstić information content (AvgIpc) is 2.71. The van der Waals surface area contributed by atoms with Gasteiger partial charge in [0.1, 0.15) is 0 Å². The van der Waals surface area contributed by atoms with Gasteiger partial charge in [0.15, 0.2) is 0 Å². The number of allylic oxidation sites excluding steroid dienone is 8. The Bertz CT molecular complexity index is 446. The third kappa shape index (κ3) is 5.24. The summed E-state index contributed by atoms with van der Waals surface area (Å²) in [4.78, 5) is 0. The van der Waals surface area contributed by atoms with E-state index in [4.69, 9.17) is 0 Å². The number of hydrogen-bond donors (Lipinski definition) is 0. The van der Waals surface area contributed by atoms with Gasteiger partial charge in [-0.2, -0.15) is 0 Å². The molecular weight excluding hydrogens is 371 g/mol. The van der Waals surface area contributed by atoms with Crippen LogP contribution in [0.1, 0.15) is 69.2 Å². The molecule has 2 aliphatic carbocycles. The number of rotatable bonds is 0. The van der Waals surface area contributed by atoms with Gasteiger partial charge in [-0.05, 0) is 77.7 Å². The van der Waals surface area contributed by atoms with E-state index in [2.05, 4.69) is 69.2 Å². The van der Waals surface area contributed by atoms with Crippen LogP contribution in [0.2, 0.25) is 0 Å². The molecule has 2 aliphatic rings. The first-order valence-electron chi connectivity index (χ1n) is 7.50. The van der Waals surface area contributed by atoms with Crippen LogP contribution in [0.25, 0.3) is 0 Å². The van der Waals surface area contributed by atoms with Crippen LogP contribution in [0, 0.1) is 11.8 Å². The van der Waals surface area contributed by atoms with Crippen LogP contribution < -0.4 is 51.4 Å². The van der Waals surface area contributed by atoms with Crippen molar-refractivity contribution in [3.63, 3.8) is 0 Å². The molecule has 0 spiro atoms. The fraction of sp³-hybridized carbons (Fsp3) is 0.500. The molecule has 116 valence electrons. The molecule has 0 atom stereocenters. The Morgan fingerprint density at radius 1 is 0.318 bits per heavy atom. The van der Waals surface area contributed by atoms with Gasteiger partial charge < -0.3 is 0 Å². The van der Waals surface area contributed by atoms with Crippen molar-refractivity contribution in [2.24, 2.45) is 0 Å². The van der Waals surface area contributed by atoms with Gasteiger partial charge >= 0.3 is 77.6 Å². The van der Waals surface area contributed by atoms with E-state index in [1.54, 1.807) is 0 Å². The summed E-state index contributed by atoms with van der Waals surface area (Å²) in [6.45, 7) is 22.0. The second kappa shape index (κ2) is 10.5. The Balaban J connectivity index is 0. The fourth-order valence-corrected chi connectivity index (χ4v) is 2.81. The molecular formula is C20H32KZr+. The molecule has 0 unspecified atom stereocenters. The molecule has 0 aromatic heterocycles. The molecule has 0 fully saturated rings. The fourth-order valence-electron chi connectivity index (χ4n) is 2.81. The topological polar surface area (TPSA) is 0 Å². The van der Waals surface area contributed by atoms with Crippen LogP contribution in [-0.2, 0) is 26.2 Å². The van der Waals surface area contributed by atoms with Crippen molar-refractivity contribution in [2.75, 3.05) is 0 Å². The van der Waals surface area contributed by atoms with E-state index in [1.165, 1.54) is 56.4 Å². The quantitative estimate of drug-likeness (QED) is 0.546. The average molecular weight is 403 g/mol. The molecule has 0 bridgehead atoms. The summed E-state index contributed by atoms with van der Waals surface area (Å²) < 4.78 is 0. The second-order valence-corrected chi connectivity index (χ2v) is 6.25. The Hall–Kier alpha value is 1.48. The monoisotopic (exact) mass is 401 g/mol. The van der Waals surface area contributed by atoms with Crippen molar-refractivity contribution >= 4 is 0 Å². The zero-order valence-corrected chi connectivity index (χ0v) is 23.3. The Morgan fingerprint density at radius 3 is 0.500 bits per heavy atom. The van der Waals surface area contributed by atoms with E-state index in [9.17, 15) is 0 Å². The summed E-state index contributed by atoms with van der Waals surface area (Å²) >= 11 is 0. The molecule has 2 rings (SSSR count). The van der Waals surface area contributed by atoms with E-state index < -0.39 is 0 Å².